The molecule has 34 heavy (non-hydrogen) atoms. The lowest BCUT2D eigenvalue weighted by Gasteiger charge is -2.14. The summed E-state index contributed by atoms with van der Waals surface area (Å²) in [6.07, 6.45) is 3.69. The van der Waals surface area contributed by atoms with Crippen molar-refractivity contribution in [3.8, 4) is 16.9 Å². The highest BCUT2D eigenvalue weighted by atomic mass is 32.2. The number of benzene rings is 3. The van der Waals surface area contributed by atoms with E-state index in [2.05, 4.69) is 0 Å². The van der Waals surface area contributed by atoms with Crippen molar-refractivity contribution in [2.24, 2.45) is 0 Å². The molecule has 0 aliphatic carbocycles. The molecule has 1 saturated heterocycles. The van der Waals surface area contributed by atoms with Crippen LogP contribution in [0.15, 0.2) is 90.0 Å². The van der Waals surface area contributed by atoms with E-state index in [0.29, 0.717) is 21.5 Å². The molecule has 1 aromatic heterocycles. The van der Waals surface area contributed by atoms with Crippen LogP contribution in [0, 0.1) is 12.7 Å². The van der Waals surface area contributed by atoms with E-state index in [-0.39, 0.29) is 11.7 Å². The molecule has 1 amide bonds. The van der Waals surface area contributed by atoms with Crippen molar-refractivity contribution in [1.82, 2.24) is 14.7 Å². The molecule has 1 aliphatic heterocycles. The van der Waals surface area contributed by atoms with Crippen LogP contribution < -0.4 is 0 Å². The van der Waals surface area contributed by atoms with E-state index in [4.69, 9.17) is 17.3 Å². The molecule has 0 spiro atoms. The van der Waals surface area contributed by atoms with Gasteiger partial charge in [0.1, 0.15) is 10.1 Å². The molecule has 0 unspecified atom stereocenters. The van der Waals surface area contributed by atoms with Crippen molar-refractivity contribution >= 4 is 40.3 Å². The van der Waals surface area contributed by atoms with Gasteiger partial charge < -0.3 is 0 Å². The van der Waals surface area contributed by atoms with Crippen LogP contribution in [-0.4, -0.2) is 24.9 Å². The van der Waals surface area contributed by atoms with Gasteiger partial charge in [-0.15, -0.1) is 0 Å². The highest BCUT2D eigenvalue weighted by molar-refractivity contribution is 8.26. The van der Waals surface area contributed by atoms with Crippen LogP contribution in [0.25, 0.3) is 23.0 Å². The van der Waals surface area contributed by atoms with Crippen LogP contribution in [0.3, 0.4) is 0 Å². The minimum atomic E-state index is -0.315. The van der Waals surface area contributed by atoms with Gasteiger partial charge in [-0.3, -0.25) is 9.69 Å². The Balaban J connectivity index is 1.51. The SMILES string of the molecule is Cc1ccc(CN2C(=O)C(=Cc3cn(-c4ccccc4)nc3-c3ccc(F)cc3)SC2=S)cc1. The molecule has 168 valence electrons. The number of nitrogens with zero attached hydrogens (tertiary/aromatic N) is 3. The van der Waals surface area contributed by atoms with Crippen LogP contribution in [0.2, 0.25) is 0 Å². The maximum absolute atomic E-state index is 13.5. The van der Waals surface area contributed by atoms with Crippen LogP contribution in [0.1, 0.15) is 16.7 Å². The van der Waals surface area contributed by atoms with Crippen LogP contribution in [0.4, 0.5) is 4.39 Å². The molecule has 0 saturated carbocycles. The lowest BCUT2D eigenvalue weighted by atomic mass is 10.1. The third-order valence-electron chi connectivity index (χ3n) is 5.50. The highest BCUT2D eigenvalue weighted by Crippen LogP contribution is 2.35. The second-order valence-electron chi connectivity index (χ2n) is 7.97. The smallest absolute Gasteiger partial charge is 0.266 e. The lowest BCUT2D eigenvalue weighted by Crippen LogP contribution is -2.27. The van der Waals surface area contributed by atoms with Gasteiger partial charge in [-0.2, -0.15) is 5.10 Å². The molecule has 3 aromatic carbocycles. The molecule has 4 aromatic rings. The molecule has 1 fully saturated rings. The number of aromatic nitrogens is 2. The first-order valence-corrected chi connectivity index (χ1v) is 11.9. The first-order chi connectivity index (χ1) is 16.5. The summed E-state index contributed by atoms with van der Waals surface area (Å²) >= 11 is 6.81. The van der Waals surface area contributed by atoms with Gasteiger partial charge in [-0.05, 0) is 55.0 Å². The first kappa shape index (κ1) is 22.3. The number of carbonyl (C=O) groups excluding carboxylic acids is 1. The van der Waals surface area contributed by atoms with Gasteiger partial charge in [0.15, 0.2) is 0 Å². The monoisotopic (exact) mass is 485 g/mol. The minimum absolute atomic E-state index is 0.131. The Bertz CT molecular complexity index is 1390. The van der Waals surface area contributed by atoms with Crippen molar-refractivity contribution < 1.29 is 9.18 Å². The summed E-state index contributed by atoms with van der Waals surface area (Å²) in [7, 11) is 0. The van der Waals surface area contributed by atoms with Gasteiger partial charge in [0.25, 0.3) is 5.91 Å². The average molecular weight is 486 g/mol. The number of hydrogen-bond donors (Lipinski definition) is 0. The molecule has 0 atom stereocenters. The number of rotatable bonds is 5. The fourth-order valence-corrected chi connectivity index (χ4v) is 4.94. The fraction of sp³-hybridized carbons (Fsp3) is 0.0741. The second-order valence-corrected chi connectivity index (χ2v) is 9.65. The Hall–Kier alpha value is -3.55. The molecule has 0 N–H and O–H groups in total. The number of halogens is 1. The third-order valence-corrected chi connectivity index (χ3v) is 6.88. The maximum Gasteiger partial charge on any atom is 0.266 e. The number of aryl methyl sites for hydroxylation is 1. The summed E-state index contributed by atoms with van der Waals surface area (Å²) in [6.45, 7) is 2.46. The van der Waals surface area contributed by atoms with E-state index >= 15 is 0 Å². The average Bonchev–Trinajstić information content (AvgIpc) is 3.38. The van der Waals surface area contributed by atoms with Crippen molar-refractivity contribution in [3.63, 3.8) is 0 Å². The van der Waals surface area contributed by atoms with Crippen molar-refractivity contribution in [3.05, 3.63) is 112 Å². The zero-order valence-corrected chi connectivity index (χ0v) is 19.9. The summed E-state index contributed by atoms with van der Waals surface area (Å²) < 4.78 is 15.8. The molecule has 0 radical (unpaired) electrons. The highest BCUT2D eigenvalue weighted by Gasteiger charge is 2.32. The zero-order chi connectivity index (χ0) is 23.7. The Kier molecular flexibility index (Phi) is 6.13. The Labute approximate surface area is 206 Å². The maximum atomic E-state index is 13.5. The van der Waals surface area contributed by atoms with Crippen molar-refractivity contribution in [2.75, 3.05) is 0 Å². The van der Waals surface area contributed by atoms with Gasteiger partial charge >= 0.3 is 0 Å². The number of thioether (sulfide) groups is 1. The molecule has 5 rings (SSSR count). The van der Waals surface area contributed by atoms with E-state index in [1.54, 1.807) is 21.7 Å². The van der Waals surface area contributed by atoms with E-state index in [1.165, 1.54) is 23.9 Å². The van der Waals surface area contributed by atoms with Crippen LogP contribution >= 0.6 is 24.0 Å². The lowest BCUT2D eigenvalue weighted by molar-refractivity contribution is -0.122. The summed E-state index contributed by atoms with van der Waals surface area (Å²) in [6, 6.07) is 24.0. The number of para-hydroxylation sites is 1. The molecular weight excluding hydrogens is 465 g/mol. The van der Waals surface area contributed by atoms with Crippen LogP contribution in [-0.2, 0) is 11.3 Å². The van der Waals surface area contributed by atoms with Gasteiger partial charge in [-0.25, -0.2) is 9.07 Å². The molecule has 2 heterocycles. The van der Waals surface area contributed by atoms with E-state index in [1.807, 2.05) is 73.8 Å². The van der Waals surface area contributed by atoms with E-state index < -0.39 is 0 Å². The number of hydrogen-bond acceptors (Lipinski definition) is 4. The number of thiocarbonyl (C=S) groups is 1. The first-order valence-electron chi connectivity index (χ1n) is 10.7. The summed E-state index contributed by atoms with van der Waals surface area (Å²) in [5, 5.41) is 4.74. The molecular formula is C27H20FN3OS2. The molecule has 0 bridgehead atoms. The van der Waals surface area contributed by atoms with Gasteiger partial charge in [0, 0.05) is 17.3 Å². The second kappa shape index (κ2) is 9.37. The number of carbonyl (C=O) groups is 1. The van der Waals surface area contributed by atoms with Crippen molar-refractivity contribution in [2.45, 2.75) is 13.5 Å². The Morgan fingerprint density at radius 2 is 1.71 bits per heavy atom. The topological polar surface area (TPSA) is 38.1 Å². The Morgan fingerprint density at radius 1 is 1.00 bits per heavy atom. The zero-order valence-electron chi connectivity index (χ0n) is 18.3. The van der Waals surface area contributed by atoms with Crippen molar-refractivity contribution in [1.29, 1.82) is 0 Å². The van der Waals surface area contributed by atoms with E-state index in [0.717, 1.165) is 27.9 Å². The molecule has 7 heteroatoms. The van der Waals surface area contributed by atoms with Gasteiger partial charge in [-0.1, -0.05) is 72.0 Å². The van der Waals surface area contributed by atoms with E-state index in [9.17, 15) is 9.18 Å². The largest absolute Gasteiger partial charge is 0.288 e. The Morgan fingerprint density at radius 3 is 2.41 bits per heavy atom. The van der Waals surface area contributed by atoms with Gasteiger partial charge in [0.2, 0.25) is 0 Å². The minimum Gasteiger partial charge on any atom is -0.288 e. The van der Waals surface area contributed by atoms with Gasteiger partial charge in [0.05, 0.1) is 22.8 Å². The summed E-state index contributed by atoms with van der Waals surface area (Å²) in [5.74, 6) is -0.446. The fourth-order valence-electron chi connectivity index (χ4n) is 3.69. The number of amides is 1. The molecule has 4 nitrogen and oxygen atoms in total. The predicted molar refractivity (Wildman–Crippen MR) is 139 cm³/mol. The predicted octanol–water partition coefficient (Wildman–Crippen LogP) is 6.39. The summed E-state index contributed by atoms with van der Waals surface area (Å²) in [5.41, 5.74) is 5.25. The third kappa shape index (κ3) is 4.58. The van der Waals surface area contributed by atoms with Crippen LogP contribution in [0.5, 0.6) is 0 Å². The standard InChI is InChI=1S/C27H20FN3OS2/c1-18-7-9-19(10-8-18)16-30-26(32)24(34-27(30)33)15-21-17-31(23-5-3-2-4-6-23)29-25(21)20-11-13-22(28)14-12-20/h2-15,17H,16H2,1H3. The quantitative estimate of drug-likeness (QED) is 0.243. The normalized spacial score (nSPS) is 14.9. The summed E-state index contributed by atoms with van der Waals surface area (Å²) in [4.78, 5) is 15.4. The molecule has 1 aliphatic rings.